The van der Waals surface area contributed by atoms with E-state index in [1.54, 1.807) is 0 Å². The van der Waals surface area contributed by atoms with Gasteiger partial charge in [0.05, 0.1) is 0 Å². The molecule has 1 unspecified atom stereocenters. The molecule has 0 rings (SSSR count). The molecule has 0 fully saturated rings. The van der Waals surface area contributed by atoms with Gasteiger partial charge in [0.1, 0.15) is 0 Å². The molecule has 0 amide bonds. The van der Waals surface area contributed by atoms with Crippen LogP contribution < -0.4 is 0 Å². The fourth-order valence-electron chi connectivity index (χ4n) is 2.56. The molecule has 0 aromatic carbocycles. The van der Waals surface area contributed by atoms with Crippen molar-refractivity contribution >= 4 is 16.9 Å². The normalized spacial score (nSPS) is 12.8. The molecule has 6 heteroatoms. The molecule has 1 atom stereocenters. The van der Waals surface area contributed by atoms with Crippen molar-refractivity contribution in [3.63, 3.8) is 0 Å². The molecular weight excluding hydrogens is 262 g/mol. The lowest BCUT2D eigenvalue weighted by atomic mass is 10.7. The van der Waals surface area contributed by atoms with Crippen LogP contribution in [-0.2, 0) is 0 Å². The molecule has 0 aliphatic carbocycles. The molecule has 18 heavy (non-hydrogen) atoms. The van der Waals surface area contributed by atoms with Crippen LogP contribution in [0.25, 0.3) is 0 Å². The van der Waals surface area contributed by atoms with E-state index in [1.807, 2.05) is 0 Å². The SMILES string of the molecule is CCN(CC)P(=NP)(N(CC)CC)N(CC)CC. The van der Waals surface area contributed by atoms with Crippen LogP contribution in [0.4, 0.5) is 0 Å². The van der Waals surface area contributed by atoms with Gasteiger partial charge in [-0.05, 0) is 9.39 Å². The third kappa shape index (κ3) is 3.55. The van der Waals surface area contributed by atoms with Crippen LogP contribution in [0, 0.1) is 0 Å². The van der Waals surface area contributed by atoms with Gasteiger partial charge in [-0.15, -0.1) is 0 Å². The Hall–Kier alpha value is 0.540. The highest BCUT2D eigenvalue weighted by atomic mass is 31.2. The predicted molar refractivity (Wildman–Crippen MR) is 87.8 cm³/mol. The van der Waals surface area contributed by atoms with Crippen molar-refractivity contribution in [3.05, 3.63) is 0 Å². The Labute approximate surface area is 117 Å². The van der Waals surface area contributed by atoms with Gasteiger partial charge in [-0.25, -0.2) is 18.5 Å². The molecule has 0 saturated heterocycles. The zero-order chi connectivity index (χ0) is 14.2. The maximum atomic E-state index is 4.85. The van der Waals surface area contributed by atoms with Crippen LogP contribution in [0.1, 0.15) is 41.5 Å². The standard InChI is InChI=1S/C12H32N4P2/c1-7-14(8-2)18(13-17,15(9-3)10-4)16(11-5)12-6/h7-12,17H2,1-6H3. The van der Waals surface area contributed by atoms with Crippen molar-refractivity contribution < 1.29 is 0 Å². The first-order valence-electron chi connectivity index (χ1n) is 7.20. The van der Waals surface area contributed by atoms with Gasteiger partial charge in [0.15, 0.2) is 7.51 Å². The summed E-state index contributed by atoms with van der Waals surface area (Å²) < 4.78 is 12.5. The summed E-state index contributed by atoms with van der Waals surface area (Å²) >= 11 is 0. The number of hydrogen-bond acceptors (Lipinski definition) is 1. The highest BCUT2D eigenvalue weighted by Gasteiger charge is 2.35. The van der Waals surface area contributed by atoms with Gasteiger partial charge in [0, 0.05) is 39.3 Å². The quantitative estimate of drug-likeness (QED) is 0.605. The van der Waals surface area contributed by atoms with Crippen LogP contribution in [0.5, 0.6) is 0 Å². The third-order valence-corrected chi connectivity index (χ3v) is 8.70. The average molecular weight is 294 g/mol. The van der Waals surface area contributed by atoms with E-state index in [0.717, 1.165) is 39.3 Å². The van der Waals surface area contributed by atoms with E-state index in [-0.39, 0.29) is 0 Å². The maximum absolute atomic E-state index is 4.85. The molecule has 110 valence electrons. The fraction of sp³-hybridized carbons (Fsp3) is 1.00. The Bertz CT molecular complexity index is 221. The monoisotopic (exact) mass is 294 g/mol. The van der Waals surface area contributed by atoms with Crippen LogP contribution in [-0.4, -0.2) is 53.3 Å². The van der Waals surface area contributed by atoms with Crippen LogP contribution in [0.15, 0.2) is 4.52 Å². The zero-order valence-corrected chi connectivity index (χ0v) is 15.1. The molecular formula is C12H32N4P2. The molecule has 0 bridgehead atoms. The fourth-order valence-corrected chi connectivity index (χ4v) is 7.67. The van der Waals surface area contributed by atoms with Crippen LogP contribution in [0.3, 0.4) is 0 Å². The second-order valence-electron chi connectivity index (χ2n) is 4.07. The summed E-state index contributed by atoms with van der Waals surface area (Å²) in [7, 11) is 0.935. The summed E-state index contributed by atoms with van der Waals surface area (Å²) in [5, 5.41) is 0. The van der Waals surface area contributed by atoms with Crippen molar-refractivity contribution in [3.8, 4) is 0 Å². The minimum absolute atomic E-state index is 1.05. The first-order valence-corrected chi connectivity index (χ1v) is 9.31. The highest BCUT2D eigenvalue weighted by molar-refractivity contribution is 7.62. The molecule has 0 aliphatic rings. The van der Waals surface area contributed by atoms with Crippen LogP contribution >= 0.6 is 16.9 Å². The zero-order valence-electron chi connectivity index (χ0n) is 13.1. The first kappa shape index (κ1) is 18.5. The van der Waals surface area contributed by atoms with E-state index >= 15 is 0 Å². The topological polar surface area (TPSA) is 22.1 Å². The van der Waals surface area contributed by atoms with Gasteiger partial charge in [-0.1, -0.05) is 41.5 Å². The summed E-state index contributed by atoms with van der Waals surface area (Å²) in [5.74, 6) is 0. The van der Waals surface area contributed by atoms with Crippen molar-refractivity contribution in [2.24, 2.45) is 4.52 Å². The first-order chi connectivity index (χ1) is 8.62. The van der Waals surface area contributed by atoms with Crippen molar-refractivity contribution in [1.82, 2.24) is 14.0 Å². The molecule has 0 saturated carbocycles. The van der Waals surface area contributed by atoms with Crippen molar-refractivity contribution in [1.29, 1.82) is 0 Å². The van der Waals surface area contributed by atoms with Gasteiger partial charge in [0.2, 0.25) is 0 Å². The van der Waals surface area contributed by atoms with E-state index < -0.39 is 7.51 Å². The molecule has 0 radical (unpaired) electrons. The lowest BCUT2D eigenvalue weighted by Gasteiger charge is -2.48. The van der Waals surface area contributed by atoms with Gasteiger partial charge in [0.25, 0.3) is 0 Å². The summed E-state index contributed by atoms with van der Waals surface area (Å²) in [6, 6.07) is 0. The van der Waals surface area contributed by atoms with Gasteiger partial charge in [-0.2, -0.15) is 0 Å². The average Bonchev–Trinajstić information content (AvgIpc) is 2.41. The van der Waals surface area contributed by atoms with Crippen LogP contribution in [0.2, 0.25) is 0 Å². The number of nitrogens with zero attached hydrogens (tertiary/aromatic N) is 4. The number of hydrogen-bond donors (Lipinski definition) is 0. The van der Waals surface area contributed by atoms with E-state index in [2.05, 4.69) is 64.9 Å². The molecule has 0 aromatic rings. The van der Waals surface area contributed by atoms with Gasteiger partial charge >= 0.3 is 0 Å². The second-order valence-corrected chi connectivity index (χ2v) is 7.76. The number of rotatable bonds is 9. The van der Waals surface area contributed by atoms with E-state index in [1.165, 1.54) is 0 Å². The summed E-state index contributed by atoms with van der Waals surface area (Å²) in [5.41, 5.74) is 0. The third-order valence-electron chi connectivity index (χ3n) is 3.48. The van der Waals surface area contributed by atoms with Crippen molar-refractivity contribution in [2.75, 3.05) is 39.3 Å². The predicted octanol–water partition coefficient (Wildman–Crippen LogP) is 3.75. The Morgan fingerprint density at radius 3 is 1.00 bits per heavy atom. The highest BCUT2D eigenvalue weighted by Crippen LogP contribution is 2.59. The minimum atomic E-state index is -1.72. The molecule has 0 spiro atoms. The summed E-state index contributed by atoms with van der Waals surface area (Å²) in [6.45, 7) is 19.7. The molecule has 4 nitrogen and oxygen atoms in total. The van der Waals surface area contributed by atoms with E-state index in [9.17, 15) is 0 Å². The van der Waals surface area contributed by atoms with E-state index in [0.29, 0.717) is 0 Å². The summed E-state index contributed by atoms with van der Waals surface area (Å²) in [4.78, 5) is 0. The van der Waals surface area contributed by atoms with E-state index in [4.69, 9.17) is 4.52 Å². The largest absolute Gasteiger partial charge is 0.246 e. The summed E-state index contributed by atoms with van der Waals surface area (Å²) in [6.07, 6.45) is 0. The molecule has 0 N–H and O–H groups in total. The van der Waals surface area contributed by atoms with Crippen molar-refractivity contribution in [2.45, 2.75) is 41.5 Å². The molecule has 0 aromatic heterocycles. The van der Waals surface area contributed by atoms with Gasteiger partial charge in [-0.3, -0.25) is 0 Å². The molecule has 0 aliphatic heterocycles. The Kier molecular flexibility index (Phi) is 9.73. The lowest BCUT2D eigenvalue weighted by Crippen LogP contribution is -2.41. The second kappa shape index (κ2) is 9.44. The molecule has 0 heterocycles. The minimum Gasteiger partial charge on any atom is -0.246 e. The lowest BCUT2D eigenvalue weighted by molar-refractivity contribution is 0.341. The Morgan fingerprint density at radius 1 is 0.667 bits per heavy atom. The maximum Gasteiger partial charge on any atom is 0.170 e. The smallest absolute Gasteiger partial charge is 0.170 e. The Morgan fingerprint density at radius 2 is 0.889 bits per heavy atom. The Balaban J connectivity index is 5.74. The van der Waals surface area contributed by atoms with Gasteiger partial charge < -0.3 is 0 Å².